The molecule has 84 valence electrons. The Morgan fingerprint density at radius 2 is 2.27 bits per heavy atom. The van der Waals surface area contributed by atoms with Crippen LogP contribution >= 0.6 is 11.5 Å². The van der Waals surface area contributed by atoms with E-state index < -0.39 is 0 Å². The lowest BCUT2D eigenvalue weighted by atomic mass is 9.95. The van der Waals surface area contributed by atoms with Crippen molar-refractivity contribution in [2.24, 2.45) is 5.41 Å². The molecule has 0 atom stereocenters. The maximum absolute atomic E-state index is 9.10. The summed E-state index contributed by atoms with van der Waals surface area (Å²) >= 11 is 1.42. The van der Waals surface area contributed by atoms with Gasteiger partial charge in [0, 0.05) is 36.0 Å². The summed E-state index contributed by atoms with van der Waals surface area (Å²) in [6.07, 6.45) is 2.47. The predicted octanol–water partition coefficient (Wildman–Crippen LogP) is 1.85. The van der Waals surface area contributed by atoms with Crippen molar-refractivity contribution in [3.63, 3.8) is 0 Å². The van der Waals surface area contributed by atoms with E-state index in [2.05, 4.69) is 14.7 Å². The smallest absolute Gasteiger partial charge is 0.202 e. The monoisotopic (exact) mass is 227 g/mol. The zero-order valence-electron chi connectivity index (χ0n) is 9.16. The highest BCUT2D eigenvalue weighted by Gasteiger charge is 2.28. The summed E-state index contributed by atoms with van der Waals surface area (Å²) in [6.45, 7) is 4.93. The highest BCUT2D eigenvalue weighted by molar-refractivity contribution is 7.09. The van der Waals surface area contributed by atoms with Gasteiger partial charge in [-0.2, -0.15) is 4.37 Å². The Kier molecular flexibility index (Phi) is 2.93. The van der Waals surface area contributed by atoms with E-state index in [0.717, 1.165) is 17.5 Å². The summed E-state index contributed by atoms with van der Waals surface area (Å²) in [4.78, 5) is 4.42. The molecule has 15 heavy (non-hydrogen) atoms. The lowest BCUT2D eigenvalue weighted by molar-refractivity contribution is 0.171. The van der Waals surface area contributed by atoms with E-state index >= 15 is 0 Å². The van der Waals surface area contributed by atoms with E-state index in [0.29, 0.717) is 5.92 Å². The fourth-order valence-corrected chi connectivity index (χ4v) is 1.83. The number of aliphatic hydroxyl groups excluding tert-OH is 1. The zero-order valence-corrected chi connectivity index (χ0v) is 9.97. The Morgan fingerprint density at radius 1 is 1.53 bits per heavy atom. The van der Waals surface area contributed by atoms with E-state index in [1.165, 1.54) is 24.4 Å². The van der Waals surface area contributed by atoms with Gasteiger partial charge in [-0.3, -0.25) is 0 Å². The molecule has 4 nitrogen and oxygen atoms in total. The molecule has 1 heterocycles. The van der Waals surface area contributed by atoms with E-state index in [9.17, 15) is 0 Å². The van der Waals surface area contributed by atoms with Crippen LogP contribution in [0, 0.1) is 5.41 Å². The normalized spacial score (nSPS) is 16.7. The molecule has 1 aliphatic carbocycles. The van der Waals surface area contributed by atoms with Gasteiger partial charge in [-0.15, -0.1) is 0 Å². The average molecular weight is 227 g/mol. The van der Waals surface area contributed by atoms with Crippen molar-refractivity contribution in [2.45, 2.75) is 32.6 Å². The number of hydrogen-bond donors (Lipinski definition) is 2. The summed E-state index contributed by atoms with van der Waals surface area (Å²) in [5, 5.41) is 13.2. The first-order valence-electron chi connectivity index (χ1n) is 5.29. The Balaban J connectivity index is 1.87. The lowest BCUT2D eigenvalue weighted by Gasteiger charge is -2.21. The number of aromatic nitrogens is 2. The Morgan fingerprint density at radius 3 is 2.87 bits per heavy atom. The van der Waals surface area contributed by atoms with Crippen LogP contribution in [0.3, 0.4) is 0 Å². The third-order valence-corrected chi connectivity index (χ3v) is 3.22. The molecule has 1 aromatic heterocycles. The lowest BCUT2D eigenvalue weighted by Crippen LogP contribution is -2.26. The van der Waals surface area contributed by atoms with Crippen molar-refractivity contribution in [1.29, 1.82) is 0 Å². The minimum atomic E-state index is -0.106. The first-order chi connectivity index (χ1) is 7.11. The summed E-state index contributed by atoms with van der Waals surface area (Å²) in [7, 11) is 0. The highest BCUT2D eigenvalue weighted by Crippen LogP contribution is 2.39. The van der Waals surface area contributed by atoms with E-state index in [1.54, 1.807) is 0 Å². The van der Waals surface area contributed by atoms with Crippen LogP contribution in [0.15, 0.2) is 0 Å². The van der Waals surface area contributed by atoms with Crippen LogP contribution in [0.2, 0.25) is 0 Å². The second-order valence-corrected chi connectivity index (χ2v) is 5.66. The van der Waals surface area contributed by atoms with Gasteiger partial charge in [-0.25, -0.2) is 4.98 Å². The van der Waals surface area contributed by atoms with Crippen LogP contribution in [0.25, 0.3) is 0 Å². The van der Waals surface area contributed by atoms with Crippen LogP contribution in [0.5, 0.6) is 0 Å². The summed E-state index contributed by atoms with van der Waals surface area (Å²) in [5.41, 5.74) is -0.106. The quantitative estimate of drug-likeness (QED) is 0.806. The molecule has 2 N–H and O–H groups in total. The van der Waals surface area contributed by atoms with Gasteiger partial charge in [0.2, 0.25) is 5.13 Å². The zero-order chi connectivity index (χ0) is 10.9. The molecule has 0 unspecified atom stereocenters. The van der Waals surface area contributed by atoms with Gasteiger partial charge in [0.25, 0.3) is 0 Å². The number of rotatable bonds is 5. The Hall–Kier alpha value is -0.680. The predicted molar refractivity (Wildman–Crippen MR) is 61.2 cm³/mol. The number of nitrogens with one attached hydrogen (secondary N) is 1. The average Bonchev–Trinajstić information content (AvgIpc) is 2.96. The molecule has 0 saturated heterocycles. The van der Waals surface area contributed by atoms with Crippen molar-refractivity contribution in [1.82, 2.24) is 9.36 Å². The van der Waals surface area contributed by atoms with Crippen LogP contribution in [-0.2, 0) is 0 Å². The molecule has 1 aliphatic rings. The minimum absolute atomic E-state index is 0.106. The van der Waals surface area contributed by atoms with Gasteiger partial charge in [0.1, 0.15) is 5.82 Å². The van der Waals surface area contributed by atoms with Crippen LogP contribution in [0.4, 0.5) is 5.13 Å². The second kappa shape index (κ2) is 4.06. The van der Waals surface area contributed by atoms with Gasteiger partial charge in [0.05, 0.1) is 0 Å². The molecule has 5 heteroatoms. The minimum Gasteiger partial charge on any atom is -0.396 e. The van der Waals surface area contributed by atoms with E-state index in [-0.39, 0.29) is 12.0 Å². The maximum atomic E-state index is 9.10. The standard InChI is InChI=1S/C10H17N3OS/c1-10(2,6-14)5-11-9-12-8(13-15-9)7-3-4-7/h7,14H,3-6H2,1-2H3,(H,11,12,13). The number of aliphatic hydroxyl groups is 1. The fourth-order valence-electron chi connectivity index (χ4n) is 1.18. The largest absolute Gasteiger partial charge is 0.396 e. The van der Waals surface area contributed by atoms with Crippen molar-refractivity contribution in [2.75, 3.05) is 18.5 Å². The Bertz CT molecular complexity index is 333. The molecule has 0 amide bonds. The van der Waals surface area contributed by atoms with Crippen molar-refractivity contribution in [3.05, 3.63) is 5.82 Å². The van der Waals surface area contributed by atoms with Crippen molar-refractivity contribution >= 4 is 16.7 Å². The SMILES string of the molecule is CC(C)(CO)CNc1nc(C2CC2)ns1. The van der Waals surface area contributed by atoms with Gasteiger partial charge >= 0.3 is 0 Å². The maximum Gasteiger partial charge on any atom is 0.202 e. The fraction of sp³-hybridized carbons (Fsp3) is 0.800. The number of nitrogens with zero attached hydrogens (tertiary/aromatic N) is 2. The topological polar surface area (TPSA) is 58.0 Å². The summed E-state index contributed by atoms with van der Waals surface area (Å²) in [5.74, 6) is 1.60. The molecule has 1 fully saturated rings. The highest BCUT2D eigenvalue weighted by atomic mass is 32.1. The van der Waals surface area contributed by atoms with Gasteiger partial charge in [-0.05, 0) is 12.8 Å². The van der Waals surface area contributed by atoms with Gasteiger partial charge in [-0.1, -0.05) is 13.8 Å². The molecule has 0 aliphatic heterocycles. The van der Waals surface area contributed by atoms with E-state index in [1.807, 2.05) is 13.8 Å². The first kappa shape index (κ1) is 10.8. The first-order valence-corrected chi connectivity index (χ1v) is 6.06. The van der Waals surface area contributed by atoms with Crippen LogP contribution < -0.4 is 5.32 Å². The van der Waals surface area contributed by atoms with Crippen LogP contribution in [0.1, 0.15) is 38.4 Å². The number of hydrogen-bond acceptors (Lipinski definition) is 5. The molecule has 2 rings (SSSR count). The van der Waals surface area contributed by atoms with Crippen LogP contribution in [-0.4, -0.2) is 27.6 Å². The van der Waals surface area contributed by atoms with E-state index in [4.69, 9.17) is 5.11 Å². The molecular formula is C10H17N3OS. The molecule has 1 aromatic rings. The third-order valence-electron chi connectivity index (χ3n) is 2.53. The molecule has 0 radical (unpaired) electrons. The molecular weight excluding hydrogens is 210 g/mol. The summed E-state index contributed by atoms with van der Waals surface area (Å²) < 4.78 is 4.31. The molecule has 0 aromatic carbocycles. The molecule has 1 saturated carbocycles. The molecule has 0 bridgehead atoms. The van der Waals surface area contributed by atoms with Gasteiger partial charge in [0.15, 0.2) is 0 Å². The summed E-state index contributed by atoms with van der Waals surface area (Å²) in [6, 6.07) is 0. The van der Waals surface area contributed by atoms with Crippen molar-refractivity contribution < 1.29 is 5.11 Å². The third kappa shape index (κ3) is 2.89. The van der Waals surface area contributed by atoms with Crippen molar-refractivity contribution in [3.8, 4) is 0 Å². The second-order valence-electron chi connectivity index (χ2n) is 4.91. The Labute approximate surface area is 93.9 Å². The number of anilines is 1. The molecule has 0 spiro atoms. The van der Waals surface area contributed by atoms with Gasteiger partial charge < -0.3 is 10.4 Å².